The van der Waals surface area contributed by atoms with Gasteiger partial charge < -0.3 is 10.1 Å². The molecule has 1 aliphatic rings. The monoisotopic (exact) mass is 429 g/mol. The van der Waals surface area contributed by atoms with E-state index in [2.05, 4.69) is 36.3 Å². The standard InChI is InChI=1S/C19H20BrN5O2/c1-11-14(12(2)25-19(23-11)21-10-22-25)4-6-18(26)24-16-7-8-27-17-5-3-13(20)9-15(16)17/h3,5,9-10,16H,4,6-8H2,1-2H3,(H,24,26). The summed E-state index contributed by atoms with van der Waals surface area (Å²) in [5, 5.41) is 7.35. The van der Waals surface area contributed by atoms with Gasteiger partial charge in [-0.3, -0.25) is 4.79 Å². The Bertz CT molecular complexity index is 1020. The largest absolute Gasteiger partial charge is 0.493 e. The molecule has 1 atom stereocenters. The number of ether oxygens (including phenoxy) is 1. The molecule has 1 N–H and O–H groups in total. The molecule has 27 heavy (non-hydrogen) atoms. The molecule has 0 spiro atoms. The Morgan fingerprint density at radius 3 is 3.11 bits per heavy atom. The second kappa shape index (κ2) is 7.26. The Morgan fingerprint density at radius 2 is 2.26 bits per heavy atom. The summed E-state index contributed by atoms with van der Waals surface area (Å²) in [6, 6.07) is 5.86. The van der Waals surface area contributed by atoms with Crippen LogP contribution in [-0.4, -0.2) is 32.1 Å². The van der Waals surface area contributed by atoms with E-state index in [4.69, 9.17) is 4.74 Å². The van der Waals surface area contributed by atoms with E-state index in [1.165, 1.54) is 6.33 Å². The first-order chi connectivity index (χ1) is 13.0. The van der Waals surface area contributed by atoms with Crippen LogP contribution < -0.4 is 10.1 Å². The Hall–Kier alpha value is -2.48. The molecule has 4 rings (SSSR count). The molecule has 3 aromatic rings. The van der Waals surface area contributed by atoms with Crippen molar-refractivity contribution in [3.05, 3.63) is 51.5 Å². The number of carbonyl (C=O) groups is 1. The molecule has 3 heterocycles. The molecule has 1 aliphatic heterocycles. The normalized spacial score (nSPS) is 16.0. The van der Waals surface area contributed by atoms with Crippen LogP contribution in [0.2, 0.25) is 0 Å². The zero-order chi connectivity index (χ0) is 19.0. The van der Waals surface area contributed by atoms with Crippen LogP contribution in [0.4, 0.5) is 0 Å². The number of aromatic nitrogens is 4. The van der Waals surface area contributed by atoms with Gasteiger partial charge in [0, 0.05) is 34.3 Å². The zero-order valence-corrected chi connectivity index (χ0v) is 16.8. The highest BCUT2D eigenvalue weighted by molar-refractivity contribution is 9.10. The van der Waals surface area contributed by atoms with Crippen LogP contribution in [0.5, 0.6) is 5.75 Å². The van der Waals surface area contributed by atoms with Crippen molar-refractivity contribution in [1.82, 2.24) is 24.9 Å². The van der Waals surface area contributed by atoms with E-state index in [9.17, 15) is 4.79 Å². The molecule has 0 bridgehead atoms. The van der Waals surface area contributed by atoms with Gasteiger partial charge in [0.05, 0.1) is 12.6 Å². The maximum atomic E-state index is 12.6. The molecular formula is C19H20BrN5O2. The molecule has 0 fully saturated rings. The van der Waals surface area contributed by atoms with Crippen molar-refractivity contribution in [3.8, 4) is 5.75 Å². The van der Waals surface area contributed by atoms with E-state index in [-0.39, 0.29) is 11.9 Å². The van der Waals surface area contributed by atoms with E-state index in [0.717, 1.165) is 39.2 Å². The second-order valence-electron chi connectivity index (χ2n) is 6.67. The van der Waals surface area contributed by atoms with Crippen molar-refractivity contribution in [1.29, 1.82) is 0 Å². The van der Waals surface area contributed by atoms with Gasteiger partial charge in [0.25, 0.3) is 5.78 Å². The first-order valence-electron chi connectivity index (χ1n) is 8.90. The number of halogens is 1. The van der Waals surface area contributed by atoms with E-state index in [1.54, 1.807) is 4.52 Å². The molecule has 0 aliphatic carbocycles. The molecular weight excluding hydrogens is 410 g/mol. The van der Waals surface area contributed by atoms with Gasteiger partial charge in [-0.1, -0.05) is 15.9 Å². The van der Waals surface area contributed by atoms with Crippen LogP contribution in [0.25, 0.3) is 5.78 Å². The average molecular weight is 430 g/mol. The number of hydrogen-bond donors (Lipinski definition) is 1. The first-order valence-corrected chi connectivity index (χ1v) is 9.69. The van der Waals surface area contributed by atoms with Gasteiger partial charge in [-0.15, -0.1) is 0 Å². The van der Waals surface area contributed by atoms with E-state index in [1.807, 2.05) is 32.0 Å². The Labute approximate surface area is 165 Å². The van der Waals surface area contributed by atoms with Gasteiger partial charge in [-0.05, 0) is 44.0 Å². The quantitative estimate of drug-likeness (QED) is 0.688. The van der Waals surface area contributed by atoms with Crippen molar-refractivity contribution in [2.24, 2.45) is 0 Å². The highest BCUT2D eigenvalue weighted by atomic mass is 79.9. The molecule has 7 nitrogen and oxygen atoms in total. The third-order valence-corrected chi connectivity index (χ3v) is 5.43. The summed E-state index contributed by atoms with van der Waals surface area (Å²) < 4.78 is 8.38. The number of hydrogen-bond acceptors (Lipinski definition) is 5. The fourth-order valence-corrected chi connectivity index (χ4v) is 3.92. The summed E-state index contributed by atoms with van der Waals surface area (Å²) in [6.45, 7) is 4.53. The fraction of sp³-hybridized carbons (Fsp3) is 0.368. The minimum absolute atomic E-state index is 0.0188. The van der Waals surface area contributed by atoms with Crippen molar-refractivity contribution < 1.29 is 9.53 Å². The number of aryl methyl sites for hydroxylation is 2. The highest BCUT2D eigenvalue weighted by Gasteiger charge is 2.23. The van der Waals surface area contributed by atoms with Crippen LogP contribution in [0, 0.1) is 13.8 Å². The predicted molar refractivity (Wildman–Crippen MR) is 104 cm³/mol. The summed E-state index contributed by atoms with van der Waals surface area (Å²) in [5.41, 5.74) is 3.92. The number of carbonyl (C=O) groups excluding carboxylic acids is 1. The van der Waals surface area contributed by atoms with Crippen LogP contribution in [0.3, 0.4) is 0 Å². The maximum Gasteiger partial charge on any atom is 0.252 e. The third-order valence-electron chi connectivity index (χ3n) is 4.94. The molecule has 0 saturated carbocycles. The molecule has 1 aromatic carbocycles. The fourth-order valence-electron chi connectivity index (χ4n) is 3.54. The second-order valence-corrected chi connectivity index (χ2v) is 7.59. The minimum Gasteiger partial charge on any atom is -0.493 e. The van der Waals surface area contributed by atoms with Crippen LogP contribution in [-0.2, 0) is 11.2 Å². The number of nitrogens with zero attached hydrogens (tertiary/aromatic N) is 4. The lowest BCUT2D eigenvalue weighted by atomic mass is 10.00. The van der Waals surface area contributed by atoms with Gasteiger partial charge in [-0.25, -0.2) is 9.50 Å². The first kappa shape index (κ1) is 17.9. The molecule has 1 unspecified atom stereocenters. The number of amides is 1. The van der Waals surface area contributed by atoms with E-state index < -0.39 is 0 Å². The van der Waals surface area contributed by atoms with Gasteiger partial charge in [0.2, 0.25) is 5.91 Å². The summed E-state index contributed by atoms with van der Waals surface area (Å²) in [6.07, 6.45) is 3.26. The number of nitrogens with one attached hydrogen (secondary N) is 1. The molecule has 140 valence electrons. The SMILES string of the molecule is Cc1nc2ncnn2c(C)c1CCC(=O)NC1CCOc2ccc(Br)cc21. The smallest absolute Gasteiger partial charge is 0.252 e. The van der Waals surface area contributed by atoms with E-state index >= 15 is 0 Å². The number of fused-ring (bicyclic) bond motifs is 2. The van der Waals surface area contributed by atoms with Gasteiger partial charge in [0.1, 0.15) is 12.1 Å². The Morgan fingerprint density at radius 1 is 1.41 bits per heavy atom. The van der Waals surface area contributed by atoms with Crippen molar-refractivity contribution in [2.45, 2.75) is 39.2 Å². The molecule has 8 heteroatoms. The Kier molecular flexibility index (Phi) is 4.82. The minimum atomic E-state index is -0.0307. The zero-order valence-electron chi connectivity index (χ0n) is 15.2. The van der Waals surface area contributed by atoms with Crippen LogP contribution >= 0.6 is 15.9 Å². The topological polar surface area (TPSA) is 81.4 Å². The summed E-state index contributed by atoms with van der Waals surface area (Å²) in [7, 11) is 0. The van der Waals surface area contributed by atoms with Crippen molar-refractivity contribution in [3.63, 3.8) is 0 Å². The van der Waals surface area contributed by atoms with Gasteiger partial charge in [-0.2, -0.15) is 10.1 Å². The highest BCUT2D eigenvalue weighted by Crippen LogP contribution is 2.34. The lowest BCUT2D eigenvalue weighted by Gasteiger charge is -2.27. The molecule has 0 saturated heterocycles. The van der Waals surface area contributed by atoms with Crippen LogP contribution in [0.15, 0.2) is 29.0 Å². The lowest BCUT2D eigenvalue weighted by molar-refractivity contribution is -0.122. The predicted octanol–water partition coefficient (Wildman–Crippen LogP) is 3.08. The lowest BCUT2D eigenvalue weighted by Crippen LogP contribution is -2.32. The van der Waals surface area contributed by atoms with Gasteiger partial charge >= 0.3 is 0 Å². The summed E-state index contributed by atoms with van der Waals surface area (Å²) in [5.74, 6) is 1.44. The Balaban J connectivity index is 1.46. The maximum absolute atomic E-state index is 12.6. The number of benzene rings is 1. The summed E-state index contributed by atoms with van der Waals surface area (Å²) in [4.78, 5) is 21.2. The summed E-state index contributed by atoms with van der Waals surface area (Å²) >= 11 is 3.49. The van der Waals surface area contributed by atoms with Gasteiger partial charge in [0.15, 0.2) is 0 Å². The molecule has 1 amide bonds. The van der Waals surface area contributed by atoms with Crippen molar-refractivity contribution in [2.75, 3.05) is 6.61 Å². The average Bonchev–Trinajstić information content (AvgIpc) is 3.10. The van der Waals surface area contributed by atoms with E-state index in [0.29, 0.717) is 25.2 Å². The number of rotatable bonds is 4. The molecule has 0 radical (unpaired) electrons. The molecule has 2 aromatic heterocycles. The third kappa shape index (κ3) is 3.53. The van der Waals surface area contributed by atoms with Crippen molar-refractivity contribution >= 4 is 27.6 Å². The van der Waals surface area contributed by atoms with Crippen LogP contribution in [0.1, 0.15) is 41.4 Å².